The summed E-state index contributed by atoms with van der Waals surface area (Å²) in [5.74, 6) is 1.23. The molecule has 3 heteroatoms. The quantitative estimate of drug-likeness (QED) is 0.709. The number of hydrogen-bond acceptors (Lipinski definition) is 2. The van der Waals surface area contributed by atoms with Gasteiger partial charge < -0.3 is 10.0 Å². The summed E-state index contributed by atoms with van der Waals surface area (Å²) in [6.07, 6.45) is 0.250. The number of carbonyl (C=O) groups excluding carboxylic acids is 1. The molecule has 1 rings (SSSR count). The maximum Gasteiger partial charge on any atom is 0.223 e. The average molecular weight is 185 g/mol. The Morgan fingerprint density at radius 2 is 2.15 bits per heavy atom. The lowest BCUT2D eigenvalue weighted by molar-refractivity contribution is -0.128. The van der Waals surface area contributed by atoms with Gasteiger partial charge in [0.2, 0.25) is 5.91 Å². The number of carbonyl (C=O) groups is 1. The van der Waals surface area contributed by atoms with Crippen molar-refractivity contribution in [2.45, 2.75) is 33.3 Å². The van der Waals surface area contributed by atoms with Crippen molar-refractivity contribution in [1.82, 2.24) is 4.90 Å². The molecule has 0 aliphatic carbocycles. The topological polar surface area (TPSA) is 40.5 Å². The van der Waals surface area contributed by atoms with E-state index in [1.807, 2.05) is 0 Å². The average Bonchev–Trinajstić information content (AvgIpc) is 2.31. The van der Waals surface area contributed by atoms with Crippen molar-refractivity contribution in [2.75, 3.05) is 13.1 Å². The van der Waals surface area contributed by atoms with Crippen LogP contribution in [0.1, 0.15) is 27.2 Å². The number of likely N-dealkylation sites (tertiary alicyclic amines) is 1. The van der Waals surface area contributed by atoms with Crippen molar-refractivity contribution >= 4 is 5.91 Å². The number of nitrogens with zero attached hydrogens (tertiary/aromatic N) is 1. The number of aliphatic hydroxyl groups excluding tert-OH is 1. The SMILES string of the molecule is CC(C)C1CC(=O)N(C[C@H](C)O)C1. The Hall–Kier alpha value is -0.570. The van der Waals surface area contributed by atoms with Gasteiger partial charge in [0.05, 0.1) is 6.10 Å². The van der Waals surface area contributed by atoms with Crippen LogP contribution in [0.25, 0.3) is 0 Å². The van der Waals surface area contributed by atoms with Gasteiger partial charge in [0.1, 0.15) is 0 Å². The summed E-state index contributed by atoms with van der Waals surface area (Å²) < 4.78 is 0. The Labute approximate surface area is 79.7 Å². The summed E-state index contributed by atoms with van der Waals surface area (Å²) in [7, 11) is 0. The highest BCUT2D eigenvalue weighted by atomic mass is 16.3. The van der Waals surface area contributed by atoms with E-state index in [4.69, 9.17) is 5.11 Å². The van der Waals surface area contributed by atoms with Crippen molar-refractivity contribution in [3.05, 3.63) is 0 Å². The minimum atomic E-state index is -0.408. The fourth-order valence-electron chi connectivity index (χ4n) is 1.74. The third-order valence-electron chi connectivity index (χ3n) is 2.67. The molecule has 1 fully saturated rings. The predicted octanol–water partition coefficient (Wildman–Crippen LogP) is 0.872. The summed E-state index contributed by atoms with van der Waals surface area (Å²) in [5.41, 5.74) is 0. The standard InChI is InChI=1S/C10H19NO2/c1-7(2)9-4-10(13)11(6-9)5-8(3)12/h7-9,12H,4-6H2,1-3H3/t8-,9?/m0/s1. The van der Waals surface area contributed by atoms with Gasteiger partial charge in [-0.1, -0.05) is 13.8 Å². The van der Waals surface area contributed by atoms with Gasteiger partial charge in [0.15, 0.2) is 0 Å². The van der Waals surface area contributed by atoms with E-state index in [9.17, 15) is 4.79 Å². The Bertz CT molecular complexity index is 189. The zero-order chi connectivity index (χ0) is 10.0. The first kappa shape index (κ1) is 10.5. The molecule has 1 saturated heterocycles. The lowest BCUT2D eigenvalue weighted by Crippen LogP contribution is -2.32. The fraction of sp³-hybridized carbons (Fsp3) is 0.900. The van der Waals surface area contributed by atoms with E-state index < -0.39 is 6.10 Å². The van der Waals surface area contributed by atoms with Crippen LogP contribution in [-0.2, 0) is 4.79 Å². The van der Waals surface area contributed by atoms with E-state index in [-0.39, 0.29) is 5.91 Å². The van der Waals surface area contributed by atoms with E-state index in [1.54, 1.807) is 11.8 Å². The second-order valence-electron chi connectivity index (χ2n) is 4.36. The highest BCUT2D eigenvalue weighted by molar-refractivity contribution is 5.78. The minimum absolute atomic E-state index is 0.194. The maximum absolute atomic E-state index is 11.4. The molecule has 2 atom stereocenters. The van der Waals surface area contributed by atoms with Crippen LogP contribution in [0.4, 0.5) is 0 Å². The highest BCUT2D eigenvalue weighted by Gasteiger charge is 2.31. The molecule has 0 spiro atoms. The van der Waals surface area contributed by atoms with Gasteiger partial charge in [-0.05, 0) is 18.8 Å². The molecule has 1 amide bonds. The third-order valence-corrected chi connectivity index (χ3v) is 2.67. The maximum atomic E-state index is 11.4. The summed E-state index contributed by atoms with van der Waals surface area (Å²) in [6, 6.07) is 0. The molecule has 0 radical (unpaired) electrons. The summed E-state index contributed by atoms with van der Waals surface area (Å²) in [6.45, 7) is 7.31. The van der Waals surface area contributed by atoms with E-state index in [0.717, 1.165) is 6.54 Å². The predicted molar refractivity (Wildman–Crippen MR) is 51.2 cm³/mol. The van der Waals surface area contributed by atoms with Crippen LogP contribution >= 0.6 is 0 Å². The van der Waals surface area contributed by atoms with Crippen molar-refractivity contribution in [3.8, 4) is 0 Å². The van der Waals surface area contributed by atoms with Crippen LogP contribution in [0, 0.1) is 11.8 Å². The molecule has 1 heterocycles. The van der Waals surface area contributed by atoms with Gasteiger partial charge in [-0.2, -0.15) is 0 Å². The first-order chi connectivity index (χ1) is 6.00. The Morgan fingerprint density at radius 3 is 2.54 bits per heavy atom. The Balaban J connectivity index is 2.47. The molecule has 0 aromatic rings. The number of rotatable bonds is 3. The second-order valence-corrected chi connectivity index (χ2v) is 4.36. The van der Waals surface area contributed by atoms with Crippen LogP contribution in [0.15, 0.2) is 0 Å². The van der Waals surface area contributed by atoms with Gasteiger partial charge in [-0.3, -0.25) is 4.79 Å². The lowest BCUT2D eigenvalue weighted by Gasteiger charge is -2.19. The largest absolute Gasteiger partial charge is 0.392 e. The first-order valence-electron chi connectivity index (χ1n) is 4.96. The van der Waals surface area contributed by atoms with Crippen LogP contribution in [0.5, 0.6) is 0 Å². The fourth-order valence-corrected chi connectivity index (χ4v) is 1.74. The van der Waals surface area contributed by atoms with Crippen LogP contribution in [0.3, 0.4) is 0 Å². The zero-order valence-electron chi connectivity index (χ0n) is 8.66. The molecule has 1 aliphatic rings. The van der Waals surface area contributed by atoms with E-state index in [2.05, 4.69) is 13.8 Å². The van der Waals surface area contributed by atoms with E-state index in [0.29, 0.717) is 24.8 Å². The molecule has 0 saturated carbocycles. The number of amides is 1. The lowest BCUT2D eigenvalue weighted by atomic mass is 9.95. The molecular weight excluding hydrogens is 166 g/mol. The molecule has 3 nitrogen and oxygen atoms in total. The first-order valence-corrected chi connectivity index (χ1v) is 4.96. The normalized spacial score (nSPS) is 25.8. The van der Waals surface area contributed by atoms with Crippen molar-refractivity contribution < 1.29 is 9.90 Å². The number of aliphatic hydroxyl groups is 1. The van der Waals surface area contributed by atoms with Gasteiger partial charge in [0, 0.05) is 19.5 Å². The summed E-state index contributed by atoms with van der Waals surface area (Å²) in [5, 5.41) is 9.16. The molecule has 1 N–H and O–H groups in total. The smallest absolute Gasteiger partial charge is 0.223 e. The van der Waals surface area contributed by atoms with Crippen molar-refractivity contribution in [3.63, 3.8) is 0 Å². The van der Waals surface area contributed by atoms with Gasteiger partial charge in [0.25, 0.3) is 0 Å². The molecule has 0 aromatic carbocycles. The monoisotopic (exact) mass is 185 g/mol. The summed E-state index contributed by atoms with van der Waals surface area (Å²) >= 11 is 0. The van der Waals surface area contributed by atoms with Gasteiger partial charge in [-0.15, -0.1) is 0 Å². The molecule has 0 aromatic heterocycles. The van der Waals surface area contributed by atoms with E-state index in [1.165, 1.54) is 0 Å². The van der Waals surface area contributed by atoms with Crippen molar-refractivity contribution in [1.29, 1.82) is 0 Å². The number of β-amino-alcohol motifs (C(OH)–C–C–N with tert-alkyl or cyclic N) is 1. The van der Waals surface area contributed by atoms with E-state index >= 15 is 0 Å². The van der Waals surface area contributed by atoms with Crippen LogP contribution < -0.4 is 0 Å². The molecule has 1 unspecified atom stereocenters. The third kappa shape index (κ3) is 2.69. The number of hydrogen-bond donors (Lipinski definition) is 1. The molecular formula is C10H19NO2. The van der Waals surface area contributed by atoms with Crippen LogP contribution in [-0.4, -0.2) is 35.1 Å². The molecule has 13 heavy (non-hydrogen) atoms. The highest BCUT2D eigenvalue weighted by Crippen LogP contribution is 2.24. The van der Waals surface area contributed by atoms with Crippen LogP contribution in [0.2, 0.25) is 0 Å². The van der Waals surface area contributed by atoms with Gasteiger partial charge in [-0.25, -0.2) is 0 Å². The van der Waals surface area contributed by atoms with Crippen molar-refractivity contribution in [2.24, 2.45) is 11.8 Å². The molecule has 76 valence electrons. The Morgan fingerprint density at radius 1 is 1.54 bits per heavy atom. The molecule has 1 aliphatic heterocycles. The summed E-state index contributed by atoms with van der Waals surface area (Å²) in [4.78, 5) is 13.2. The van der Waals surface area contributed by atoms with Gasteiger partial charge >= 0.3 is 0 Å². The second kappa shape index (κ2) is 4.09. The zero-order valence-corrected chi connectivity index (χ0v) is 8.66. The molecule has 0 bridgehead atoms. The minimum Gasteiger partial charge on any atom is -0.392 e. The Kier molecular flexibility index (Phi) is 3.31.